The van der Waals surface area contributed by atoms with Gasteiger partial charge >= 0.3 is 0 Å². The zero-order valence-corrected chi connectivity index (χ0v) is 20.6. The van der Waals surface area contributed by atoms with Gasteiger partial charge in [-0.25, -0.2) is 4.98 Å². The summed E-state index contributed by atoms with van der Waals surface area (Å²) in [6, 6.07) is 32.4. The van der Waals surface area contributed by atoms with Crippen molar-refractivity contribution in [2.24, 2.45) is 0 Å². The van der Waals surface area contributed by atoms with Crippen LogP contribution < -0.4 is 9.47 Å². The molecular formula is C31H23ClN2O2. The highest BCUT2D eigenvalue weighted by molar-refractivity contribution is 6.42. The zero-order valence-electron chi connectivity index (χ0n) is 19.9. The first-order chi connectivity index (χ1) is 17.7. The van der Waals surface area contributed by atoms with E-state index >= 15 is 0 Å². The minimum Gasteiger partial charge on any atom is -0.497 e. The summed E-state index contributed by atoms with van der Waals surface area (Å²) in [6.07, 6.45) is 0. The van der Waals surface area contributed by atoms with Crippen LogP contribution in [0.25, 0.3) is 55.4 Å². The average molecular weight is 491 g/mol. The Morgan fingerprint density at radius 2 is 1.08 bits per heavy atom. The fraction of sp³-hybridized carbons (Fsp3) is 0.0645. The molecule has 6 aromatic rings. The number of nitrogens with one attached hydrogen (secondary N) is 1. The van der Waals surface area contributed by atoms with Crippen molar-refractivity contribution in [1.29, 1.82) is 0 Å². The first-order valence-electron chi connectivity index (χ1n) is 11.7. The molecule has 0 aliphatic carbocycles. The summed E-state index contributed by atoms with van der Waals surface area (Å²) in [5.41, 5.74) is 4.83. The molecule has 6 rings (SSSR count). The number of H-pyrrole nitrogens is 1. The maximum atomic E-state index is 6.86. The Hall–Kier alpha value is -4.28. The molecule has 0 atom stereocenters. The Morgan fingerprint density at radius 1 is 0.611 bits per heavy atom. The molecule has 0 aliphatic rings. The van der Waals surface area contributed by atoms with Crippen LogP contribution in [0.1, 0.15) is 0 Å². The van der Waals surface area contributed by atoms with Gasteiger partial charge in [0.15, 0.2) is 0 Å². The third kappa shape index (κ3) is 3.67. The molecule has 0 saturated carbocycles. The van der Waals surface area contributed by atoms with Crippen LogP contribution in [0.5, 0.6) is 11.5 Å². The predicted octanol–water partition coefficient (Wildman–Crippen LogP) is 8.39. The van der Waals surface area contributed by atoms with E-state index in [2.05, 4.69) is 29.2 Å². The lowest BCUT2D eigenvalue weighted by molar-refractivity contribution is 0.414. The van der Waals surface area contributed by atoms with Crippen molar-refractivity contribution in [1.82, 2.24) is 9.97 Å². The van der Waals surface area contributed by atoms with Gasteiger partial charge in [-0.15, -0.1) is 0 Å². The second-order valence-corrected chi connectivity index (χ2v) is 8.92. The molecule has 0 radical (unpaired) electrons. The van der Waals surface area contributed by atoms with E-state index in [1.54, 1.807) is 14.2 Å². The number of halogens is 1. The van der Waals surface area contributed by atoms with Crippen molar-refractivity contribution in [3.05, 3.63) is 102 Å². The molecule has 0 bridgehead atoms. The summed E-state index contributed by atoms with van der Waals surface area (Å²) in [6.45, 7) is 0. The standard InChI is InChI=1S/C31H23ClN2O2/c1-35-21-15-11-19(12-16-21)29-30(20-13-17-22(36-2)18-14-20)34-31(33-29)27-23-7-3-5-9-25(23)28(32)26-10-6-4-8-24(26)27/h3-18H,1-2H3,(H,33,34). The number of aromatic amines is 1. The van der Waals surface area contributed by atoms with Crippen LogP contribution in [-0.4, -0.2) is 24.2 Å². The second-order valence-electron chi connectivity index (χ2n) is 8.55. The van der Waals surface area contributed by atoms with Gasteiger partial charge in [0, 0.05) is 27.5 Å². The van der Waals surface area contributed by atoms with Gasteiger partial charge in [-0.05, 0) is 59.3 Å². The lowest BCUT2D eigenvalue weighted by Gasteiger charge is -2.12. The van der Waals surface area contributed by atoms with E-state index in [1.807, 2.05) is 72.8 Å². The Labute approximate surface area is 214 Å². The molecule has 0 saturated heterocycles. The smallest absolute Gasteiger partial charge is 0.139 e. The van der Waals surface area contributed by atoms with Gasteiger partial charge in [0.1, 0.15) is 17.3 Å². The van der Waals surface area contributed by atoms with Crippen LogP contribution in [0, 0.1) is 0 Å². The minimum absolute atomic E-state index is 0.752. The van der Waals surface area contributed by atoms with Crippen LogP contribution in [0.3, 0.4) is 0 Å². The van der Waals surface area contributed by atoms with E-state index in [0.717, 1.165) is 72.0 Å². The lowest BCUT2D eigenvalue weighted by atomic mass is 9.96. The predicted molar refractivity (Wildman–Crippen MR) is 148 cm³/mol. The van der Waals surface area contributed by atoms with Crippen molar-refractivity contribution >= 4 is 33.1 Å². The molecule has 0 fully saturated rings. The van der Waals surface area contributed by atoms with Crippen LogP contribution >= 0.6 is 11.6 Å². The van der Waals surface area contributed by atoms with Gasteiger partial charge in [0.05, 0.1) is 30.6 Å². The van der Waals surface area contributed by atoms with Crippen molar-refractivity contribution in [2.45, 2.75) is 0 Å². The van der Waals surface area contributed by atoms with Crippen molar-refractivity contribution in [3.63, 3.8) is 0 Å². The van der Waals surface area contributed by atoms with E-state index < -0.39 is 0 Å². The van der Waals surface area contributed by atoms with Gasteiger partial charge in [-0.2, -0.15) is 0 Å². The first kappa shape index (κ1) is 22.2. The van der Waals surface area contributed by atoms with Crippen LogP contribution in [0.15, 0.2) is 97.1 Å². The number of rotatable bonds is 5. The summed E-state index contributed by atoms with van der Waals surface area (Å²) in [4.78, 5) is 8.84. The Morgan fingerprint density at radius 3 is 1.58 bits per heavy atom. The highest BCUT2D eigenvalue weighted by Crippen LogP contribution is 2.42. The molecule has 176 valence electrons. The number of hydrogen-bond donors (Lipinski definition) is 1. The highest BCUT2D eigenvalue weighted by Gasteiger charge is 2.20. The molecular weight excluding hydrogens is 468 g/mol. The van der Waals surface area contributed by atoms with Gasteiger partial charge < -0.3 is 14.5 Å². The molecule has 0 aliphatic heterocycles. The number of methoxy groups -OCH3 is 2. The zero-order chi connectivity index (χ0) is 24.6. The maximum Gasteiger partial charge on any atom is 0.139 e. The minimum atomic E-state index is 0.752. The molecule has 1 N–H and O–H groups in total. The first-order valence-corrected chi connectivity index (χ1v) is 12.0. The summed E-state index contributed by atoms with van der Waals surface area (Å²) in [5.74, 6) is 2.39. The lowest BCUT2D eigenvalue weighted by Crippen LogP contribution is -1.89. The molecule has 0 unspecified atom stereocenters. The number of benzene rings is 5. The maximum absolute atomic E-state index is 6.86. The Bertz CT molecular complexity index is 1580. The van der Waals surface area contributed by atoms with Crippen LogP contribution in [0.2, 0.25) is 5.02 Å². The number of ether oxygens (including phenoxy) is 2. The molecule has 1 heterocycles. The van der Waals surface area contributed by atoms with Crippen LogP contribution in [-0.2, 0) is 0 Å². The largest absolute Gasteiger partial charge is 0.497 e. The quantitative estimate of drug-likeness (QED) is 0.247. The Balaban J connectivity index is 1.65. The molecule has 5 heteroatoms. The van der Waals surface area contributed by atoms with Gasteiger partial charge in [0.2, 0.25) is 0 Å². The molecule has 36 heavy (non-hydrogen) atoms. The number of imidazole rings is 1. The third-order valence-electron chi connectivity index (χ3n) is 6.55. The van der Waals surface area contributed by atoms with Crippen molar-refractivity contribution in [3.8, 4) is 45.4 Å². The topological polar surface area (TPSA) is 47.1 Å². The fourth-order valence-corrected chi connectivity index (χ4v) is 5.08. The summed E-state index contributed by atoms with van der Waals surface area (Å²) >= 11 is 6.86. The third-order valence-corrected chi connectivity index (χ3v) is 6.96. The normalized spacial score (nSPS) is 11.2. The summed E-state index contributed by atoms with van der Waals surface area (Å²) in [7, 11) is 3.34. The number of aromatic nitrogens is 2. The number of fused-ring (bicyclic) bond motifs is 2. The van der Waals surface area contributed by atoms with E-state index in [0.29, 0.717) is 0 Å². The Kier molecular flexibility index (Phi) is 5.59. The van der Waals surface area contributed by atoms with Crippen molar-refractivity contribution in [2.75, 3.05) is 14.2 Å². The van der Waals surface area contributed by atoms with E-state index in [1.165, 1.54) is 0 Å². The average Bonchev–Trinajstić information content (AvgIpc) is 3.38. The molecule has 1 aromatic heterocycles. The van der Waals surface area contributed by atoms with E-state index in [9.17, 15) is 0 Å². The molecule has 5 aromatic carbocycles. The monoisotopic (exact) mass is 490 g/mol. The van der Waals surface area contributed by atoms with Crippen molar-refractivity contribution < 1.29 is 9.47 Å². The number of nitrogens with zero attached hydrogens (tertiary/aromatic N) is 1. The highest BCUT2D eigenvalue weighted by atomic mass is 35.5. The molecule has 0 amide bonds. The van der Waals surface area contributed by atoms with E-state index in [4.69, 9.17) is 26.1 Å². The van der Waals surface area contributed by atoms with Gasteiger partial charge in [-0.3, -0.25) is 0 Å². The molecule has 4 nitrogen and oxygen atoms in total. The fourth-order valence-electron chi connectivity index (χ4n) is 4.75. The summed E-state index contributed by atoms with van der Waals surface area (Å²) in [5, 5.41) is 4.86. The second kappa shape index (κ2) is 9.06. The van der Waals surface area contributed by atoms with Crippen LogP contribution in [0.4, 0.5) is 0 Å². The van der Waals surface area contributed by atoms with E-state index in [-0.39, 0.29) is 0 Å². The number of hydrogen-bond acceptors (Lipinski definition) is 3. The van der Waals surface area contributed by atoms with Gasteiger partial charge in [-0.1, -0.05) is 60.1 Å². The summed E-state index contributed by atoms with van der Waals surface area (Å²) < 4.78 is 10.7. The SMILES string of the molecule is COc1ccc(-c2nc(-c3c4ccccc4c(Cl)c4ccccc34)[nH]c2-c2ccc(OC)cc2)cc1. The van der Waals surface area contributed by atoms with Gasteiger partial charge in [0.25, 0.3) is 0 Å². The molecule has 0 spiro atoms.